The van der Waals surface area contributed by atoms with Crippen molar-refractivity contribution in [1.82, 2.24) is 4.90 Å². The van der Waals surface area contributed by atoms with Crippen LogP contribution in [-0.2, 0) is 4.79 Å². The molecule has 82 valence electrons. The van der Waals surface area contributed by atoms with Crippen molar-refractivity contribution < 1.29 is 4.79 Å². The van der Waals surface area contributed by atoms with Gasteiger partial charge in [-0.25, -0.2) is 0 Å². The highest BCUT2D eigenvalue weighted by Crippen LogP contribution is 2.22. The van der Waals surface area contributed by atoms with Gasteiger partial charge in [-0.1, -0.05) is 13.3 Å². The maximum absolute atomic E-state index is 11.5. The SMILES string of the molecule is CCCC1CC(=O)N(CCCCCl)C1. The zero-order valence-corrected chi connectivity index (χ0v) is 9.72. The van der Waals surface area contributed by atoms with E-state index >= 15 is 0 Å². The predicted molar refractivity (Wildman–Crippen MR) is 59.5 cm³/mol. The van der Waals surface area contributed by atoms with Crippen LogP contribution >= 0.6 is 11.6 Å². The normalized spacial score (nSPS) is 22.0. The summed E-state index contributed by atoms with van der Waals surface area (Å²) in [7, 11) is 0. The van der Waals surface area contributed by atoms with Crippen LogP contribution in [0.1, 0.15) is 39.0 Å². The van der Waals surface area contributed by atoms with Gasteiger partial charge in [0.25, 0.3) is 0 Å². The number of unbranched alkanes of at least 4 members (excludes halogenated alkanes) is 1. The first kappa shape index (κ1) is 11.8. The van der Waals surface area contributed by atoms with E-state index in [0.717, 1.165) is 32.4 Å². The molecular weight excluding hydrogens is 198 g/mol. The number of hydrogen-bond donors (Lipinski definition) is 0. The van der Waals surface area contributed by atoms with E-state index in [9.17, 15) is 4.79 Å². The van der Waals surface area contributed by atoms with E-state index in [1.807, 2.05) is 4.90 Å². The fourth-order valence-corrected chi connectivity index (χ4v) is 2.26. The molecule has 2 nitrogen and oxygen atoms in total. The molecule has 1 saturated heterocycles. The highest BCUT2D eigenvalue weighted by molar-refractivity contribution is 6.17. The highest BCUT2D eigenvalue weighted by Gasteiger charge is 2.27. The van der Waals surface area contributed by atoms with Gasteiger partial charge >= 0.3 is 0 Å². The van der Waals surface area contributed by atoms with Crippen molar-refractivity contribution in [3.63, 3.8) is 0 Å². The summed E-state index contributed by atoms with van der Waals surface area (Å²) in [6.07, 6.45) is 5.22. The molecule has 14 heavy (non-hydrogen) atoms. The third-order valence-electron chi connectivity index (χ3n) is 2.80. The second-order valence-corrected chi connectivity index (χ2v) is 4.47. The number of halogens is 1. The minimum absolute atomic E-state index is 0.345. The van der Waals surface area contributed by atoms with Crippen LogP contribution in [0.25, 0.3) is 0 Å². The highest BCUT2D eigenvalue weighted by atomic mass is 35.5. The maximum atomic E-state index is 11.5. The van der Waals surface area contributed by atoms with Gasteiger partial charge in [0.1, 0.15) is 0 Å². The lowest BCUT2D eigenvalue weighted by molar-refractivity contribution is -0.127. The third kappa shape index (κ3) is 3.49. The minimum atomic E-state index is 0.345. The average molecular weight is 218 g/mol. The molecule has 1 atom stereocenters. The smallest absolute Gasteiger partial charge is 0.222 e. The number of hydrogen-bond acceptors (Lipinski definition) is 1. The fraction of sp³-hybridized carbons (Fsp3) is 0.909. The van der Waals surface area contributed by atoms with Gasteiger partial charge in [-0.15, -0.1) is 11.6 Å². The first-order chi connectivity index (χ1) is 6.77. The van der Waals surface area contributed by atoms with Crippen LogP contribution in [0.4, 0.5) is 0 Å². The Bertz CT molecular complexity index is 184. The molecule has 0 aromatic heterocycles. The number of likely N-dealkylation sites (tertiary alicyclic amines) is 1. The van der Waals surface area contributed by atoms with Gasteiger partial charge in [0, 0.05) is 25.4 Å². The Kier molecular flexibility index (Phi) is 5.31. The van der Waals surface area contributed by atoms with Crippen LogP contribution in [-0.4, -0.2) is 29.8 Å². The molecule has 1 amide bonds. The van der Waals surface area contributed by atoms with Crippen molar-refractivity contribution in [3.8, 4) is 0 Å². The largest absolute Gasteiger partial charge is 0.342 e. The van der Waals surface area contributed by atoms with E-state index in [0.29, 0.717) is 17.7 Å². The standard InChI is InChI=1S/C11H20ClNO/c1-2-5-10-8-11(14)13(9-10)7-4-3-6-12/h10H,2-9H2,1H3. The predicted octanol–water partition coefficient (Wildman–Crippen LogP) is 2.65. The lowest BCUT2D eigenvalue weighted by atomic mass is 10.0. The second kappa shape index (κ2) is 6.28. The molecule has 0 spiro atoms. The van der Waals surface area contributed by atoms with Gasteiger partial charge in [0.05, 0.1) is 0 Å². The lowest BCUT2D eigenvalue weighted by Gasteiger charge is -2.15. The molecule has 0 aromatic rings. The summed E-state index contributed by atoms with van der Waals surface area (Å²) >= 11 is 5.60. The van der Waals surface area contributed by atoms with Crippen LogP contribution < -0.4 is 0 Å². The first-order valence-corrected chi connectivity index (χ1v) is 6.15. The topological polar surface area (TPSA) is 20.3 Å². The summed E-state index contributed by atoms with van der Waals surface area (Å²) in [5.74, 6) is 1.67. The summed E-state index contributed by atoms with van der Waals surface area (Å²) in [6, 6.07) is 0. The molecule has 0 aliphatic carbocycles. The van der Waals surface area contributed by atoms with Crippen molar-refractivity contribution in [3.05, 3.63) is 0 Å². The summed E-state index contributed by atoms with van der Waals surface area (Å²) in [5.41, 5.74) is 0. The van der Waals surface area contributed by atoms with E-state index in [1.165, 1.54) is 12.8 Å². The summed E-state index contributed by atoms with van der Waals surface area (Å²) in [4.78, 5) is 13.6. The zero-order chi connectivity index (χ0) is 10.4. The van der Waals surface area contributed by atoms with Crippen molar-refractivity contribution in [2.45, 2.75) is 39.0 Å². The van der Waals surface area contributed by atoms with E-state index in [2.05, 4.69) is 6.92 Å². The number of amides is 1. The van der Waals surface area contributed by atoms with E-state index in [4.69, 9.17) is 11.6 Å². The zero-order valence-electron chi connectivity index (χ0n) is 8.97. The molecule has 0 radical (unpaired) electrons. The van der Waals surface area contributed by atoms with Crippen LogP contribution in [0.5, 0.6) is 0 Å². The van der Waals surface area contributed by atoms with Crippen molar-refractivity contribution in [1.29, 1.82) is 0 Å². The molecule has 1 fully saturated rings. The molecule has 3 heteroatoms. The molecule has 0 N–H and O–H groups in total. The molecule has 0 bridgehead atoms. The van der Waals surface area contributed by atoms with Gasteiger partial charge < -0.3 is 4.90 Å². The number of carbonyl (C=O) groups excluding carboxylic acids is 1. The van der Waals surface area contributed by atoms with Crippen LogP contribution in [0, 0.1) is 5.92 Å². The number of carbonyl (C=O) groups is 1. The Morgan fingerprint density at radius 2 is 2.29 bits per heavy atom. The van der Waals surface area contributed by atoms with Crippen LogP contribution in [0.3, 0.4) is 0 Å². The molecular formula is C11H20ClNO. The molecule has 0 saturated carbocycles. The third-order valence-corrected chi connectivity index (χ3v) is 3.07. The molecule has 1 aliphatic heterocycles. The van der Waals surface area contributed by atoms with E-state index < -0.39 is 0 Å². The van der Waals surface area contributed by atoms with Crippen LogP contribution in [0.15, 0.2) is 0 Å². The summed E-state index contributed by atoms with van der Waals surface area (Å²) in [5, 5.41) is 0. The molecule has 1 heterocycles. The van der Waals surface area contributed by atoms with Crippen molar-refractivity contribution in [2.75, 3.05) is 19.0 Å². The van der Waals surface area contributed by atoms with Crippen molar-refractivity contribution >= 4 is 17.5 Å². The van der Waals surface area contributed by atoms with Gasteiger partial charge in [-0.2, -0.15) is 0 Å². The quantitative estimate of drug-likeness (QED) is 0.495. The Hall–Kier alpha value is -0.240. The monoisotopic (exact) mass is 217 g/mol. The average Bonchev–Trinajstić information content (AvgIpc) is 2.48. The van der Waals surface area contributed by atoms with Crippen molar-refractivity contribution in [2.24, 2.45) is 5.92 Å². The number of nitrogens with zero attached hydrogens (tertiary/aromatic N) is 1. The number of alkyl halides is 1. The van der Waals surface area contributed by atoms with Crippen LogP contribution in [0.2, 0.25) is 0 Å². The van der Waals surface area contributed by atoms with E-state index in [-0.39, 0.29) is 0 Å². The molecule has 1 unspecified atom stereocenters. The molecule has 1 aliphatic rings. The first-order valence-electron chi connectivity index (χ1n) is 5.61. The maximum Gasteiger partial charge on any atom is 0.222 e. The molecule has 0 aromatic carbocycles. The van der Waals surface area contributed by atoms with E-state index in [1.54, 1.807) is 0 Å². The minimum Gasteiger partial charge on any atom is -0.342 e. The molecule has 1 rings (SSSR count). The Morgan fingerprint density at radius 3 is 2.93 bits per heavy atom. The Labute approximate surface area is 91.6 Å². The summed E-state index contributed by atoms with van der Waals surface area (Å²) in [6.45, 7) is 4.07. The number of rotatable bonds is 6. The Morgan fingerprint density at radius 1 is 1.50 bits per heavy atom. The van der Waals surface area contributed by atoms with Gasteiger partial charge in [0.15, 0.2) is 0 Å². The van der Waals surface area contributed by atoms with Gasteiger partial charge in [0.2, 0.25) is 5.91 Å². The summed E-state index contributed by atoms with van der Waals surface area (Å²) < 4.78 is 0. The Balaban J connectivity index is 2.22. The second-order valence-electron chi connectivity index (χ2n) is 4.09. The lowest BCUT2D eigenvalue weighted by Crippen LogP contribution is -2.26. The van der Waals surface area contributed by atoms with Gasteiger partial charge in [-0.05, 0) is 25.2 Å². The fourth-order valence-electron chi connectivity index (χ4n) is 2.07. The van der Waals surface area contributed by atoms with Gasteiger partial charge in [-0.3, -0.25) is 4.79 Å².